The van der Waals surface area contributed by atoms with Crippen molar-refractivity contribution in [3.63, 3.8) is 0 Å². The maximum Gasteiger partial charge on any atom is 0.0690 e. The van der Waals surface area contributed by atoms with Crippen LogP contribution in [0, 0.1) is 5.92 Å². The number of hydrogen-bond donors (Lipinski definition) is 0. The van der Waals surface area contributed by atoms with Crippen LogP contribution in [-0.2, 0) is 0 Å². The number of halogens is 1. The Kier molecular flexibility index (Phi) is 3.17. The highest BCUT2D eigenvalue weighted by molar-refractivity contribution is 6.14. The smallest absolute Gasteiger partial charge is 0.0690 e. The zero-order valence-electron chi connectivity index (χ0n) is 8.75. The average molecular weight is 212 g/mol. The molecule has 1 atom stereocenters. The van der Waals surface area contributed by atoms with E-state index >= 15 is 0 Å². The molecule has 78 valence electrons. The summed E-state index contributed by atoms with van der Waals surface area (Å²) in [4.78, 5) is 0. The van der Waals surface area contributed by atoms with Crippen molar-refractivity contribution in [2.75, 3.05) is 0 Å². The van der Waals surface area contributed by atoms with E-state index in [1.54, 1.807) is 0 Å². The first kappa shape index (κ1) is 10.1. The molecule has 0 saturated heterocycles. The van der Waals surface area contributed by atoms with Gasteiger partial charge in [-0.3, -0.25) is 4.42 Å². The Bertz CT molecular complexity index is 251. The van der Waals surface area contributed by atoms with Crippen LogP contribution in [0.5, 0.6) is 0 Å². The van der Waals surface area contributed by atoms with Gasteiger partial charge in [0.15, 0.2) is 0 Å². The van der Waals surface area contributed by atoms with E-state index in [2.05, 4.69) is 13.0 Å². The SMILES string of the molecule is CC1=CC=CN(Cl)C1C1CCCCC1. The Morgan fingerprint density at radius 2 is 2.00 bits per heavy atom. The van der Waals surface area contributed by atoms with Crippen LogP contribution >= 0.6 is 11.8 Å². The van der Waals surface area contributed by atoms with Crippen LogP contribution in [0.4, 0.5) is 0 Å². The van der Waals surface area contributed by atoms with E-state index in [1.165, 1.54) is 37.7 Å². The van der Waals surface area contributed by atoms with Crippen molar-refractivity contribution in [1.82, 2.24) is 4.42 Å². The molecule has 1 saturated carbocycles. The van der Waals surface area contributed by atoms with Gasteiger partial charge in [0.2, 0.25) is 0 Å². The van der Waals surface area contributed by atoms with Gasteiger partial charge in [0.05, 0.1) is 6.04 Å². The van der Waals surface area contributed by atoms with Gasteiger partial charge in [-0.25, -0.2) is 0 Å². The molecule has 0 amide bonds. The van der Waals surface area contributed by atoms with Crippen molar-refractivity contribution in [2.24, 2.45) is 5.92 Å². The Morgan fingerprint density at radius 1 is 1.29 bits per heavy atom. The fraction of sp³-hybridized carbons (Fsp3) is 0.667. The Balaban J connectivity index is 2.07. The van der Waals surface area contributed by atoms with Crippen LogP contribution in [0.2, 0.25) is 0 Å². The van der Waals surface area contributed by atoms with Crippen molar-refractivity contribution >= 4 is 11.8 Å². The van der Waals surface area contributed by atoms with E-state index in [0.29, 0.717) is 6.04 Å². The summed E-state index contributed by atoms with van der Waals surface area (Å²) >= 11 is 6.22. The van der Waals surface area contributed by atoms with Crippen molar-refractivity contribution in [1.29, 1.82) is 0 Å². The van der Waals surface area contributed by atoms with Gasteiger partial charge >= 0.3 is 0 Å². The lowest BCUT2D eigenvalue weighted by Gasteiger charge is -2.36. The molecule has 0 aromatic heterocycles. The van der Waals surface area contributed by atoms with Crippen LogP contribution in [0.15, 0.2) is 23.9 Å². The third-order valence-electron chi connectivity index (χ3n) is 3.42. The van der Waals surface area contributed by atoms with E-state index in [4.69, 9.17) is 11.8 Å². The first-order chi connectivity index (χ1) is 6.79. The van der Waals surface area contributed by atoms with Crippen LogP contribution in [0.1, 0.15) is 39.0 Å². The van der Waals surface area contributed by atoms with E-state index in [-0.39, 0.29) is 0 Å². The van der Waals surface area contributed by atoms with E-state index in [0.717, 1.165) is 5.92 Å². The molecule has 2 rings (SSSR count). The third-order valence-corrected chi connectivity index (χ3v) is 3.74. The summed E-state index contributed by atoms with van der Waals surface area (Å²) in [6.45, 7) is 2.19. The van der Waals surface area contributed by atoms with Gasteiger partial charge in [-0.05, 0) is 37.3 Å². The van der Waals surface area contributed by atoms with E-state index < -0.39 is 0 Å². The number of nitrogens with zero attached hydrogens (tertiary/aromatic N) is 1. The molecule has 2 aliphatic rings. The number of hydrogen-bond acceptors (Lipinski definition) is 1. The first-order valence-corrected chi connectivity index (χ1v) is 5.92. The minimum absolute atomic E-state index is 0.446. The summed E-state index contributed by atoms with van der Waals surface area (Å²) in [5, 5.41) is 0. The molecule has 0 radical (unpaired) electrons. The molecule has 0 aromatic rings. The maximum atomic E-state index is 6.22. The lowest BCUT2D eigenvalue weighted by atomic mass is 9.80. The van der Waals surface area contributed by atoms with Gasteiger partial charge in [-0.15, -0.1) is 0 Å². The highest BCUT2D eigenvalue weighted by Gasteiger charge is 2.28. The lowest BCUT2D eigenvalue weighted by Crippen LogP contribution is -2.35. The zero-order valence-corrected chi connectivity index (χ0v) is 9.50. The van der Waals surface area contributed by atoms with Gasteiger partial charge in [-0.2, -0.15) is 0 Å². The van der Waals surface area contributed by atoms with Gasteiger partial charge in [0.25, 0.3) is 0 Å². The molecule has 1 aliphatic carbocycles. The molecular formula is C12H18ClN. The lowest BCUT2D eigenvalue weighted by molar-refractivity contribution is 0.255. The van der Waals surface area contributed by atoms with E-state index in [1.807, 2.05) is 16.7 Å². The summed E-state index contributed by atoms with van der Waals surface area (Å²) in [6, 6.07) is 0.446. The summed E-state index contributed by atoms with van der Waals surface area (Å²) in [5.41, 5.74) is 1.41. The first-order valence-electron chi connectivity index (χ1n) is 5.58. The van der Waals surface area contributed by atoms with Crippen LogP contribution < -0.4 is 0 Å². The Hall–Kier alpha value is -0.430. The van der Waals surface area contributed by atoms with Crippen molar-refractivity contribution in [3.8, 4) is 0 Å². The maximum absolute atomic E-state index is 6.22. The minimum Gasteiger partial charge on any atom is -0.285 e. The molecule has 14 heavy (non-hydrogen) atoms. The third kappa shape index (κ3) is 1.98. The predicted molar refractivity (Wildman–Crippen MR) is 61.0 cm³/mol. The molecule has 0 spiro atoms. The fourth-order valence-electron chi connectivity index (χ4n) is 2.69. The normalized spacial score (nSPS) is 29.1. The fourth-order valence-corrected chi connectivity index (χ4v) is 3.06. The van der Waals surface area contributed by atoms with Crippen molar-refractivity contribution in [2.45, 2.75) is 45.1 Å². The predicted octanol–water partition coefficient (Wildman–Crippen LogP) is 3.86. The van der Waals surface area contributed by atoms with E-state index in [9.17, 15) is 0 Å². The highest BCUT2D eigenvalue weighted by Crippen LogP contribution is 2.34. The van der Waals surface area contributed by atoms with Crippen molar-refractivity contribution < 1.29 is 0 Å². The summed E-state index contributed by atoms with van der Waals surface area (Å²) < 4.78 is 1.87. The Morgan fingerprint density at radius 3 is 2.64 bits per heavy atom. The molecule has 1 heterocycles. The molecule has 1 unspecified atom stereocenters. The average Bonchev–Trinajstić information content (AvgIpc) is 2.19. The molecule has 1 fully saturated rings. The van der Waals surface area contributed by atoms with Gasteiger partial charge in [-0.1, -0.05) is 25.3 Å². The largest absolute Gasteiger partial charge is 0.285 e. The van der Waals surface area contributed by atoms with Crippen molar-refractivity contribution in [3.05, 3.63) is 23.9 Å². The second-order valence-electron chi connectivity index (χ2n) is 4.44. The molecule has 1 nitrogen and oxygen atoms in total. The summed E-state index contributed by atoms with van der Waals surface area (Å²) in [7, 11) is 0. The van der Waals surface area contributed by atoms with Crippen LogP contribution in [0.3, 0.4) is 0 Å². The quantitative estimate of drug-likeness (QED) is 0.596. The standard InChI is InChI=1S/C12H18ClN/c1-10-6-5-9-14(13)12(10)11-7-3-2-4-8-11/h5-6,9,11-12H,2-4,7-8H2,1H3. The monoisotopic (exact) mass is 211 g/mol. The molecule has 0 bridgehead atoms. The minimum atomic E-state index is 0.446. The second kappa shape index (κ2) is 4.39. The summed E-state index contributed by atoms with van der Waals surface area (Å²) in [6.07, 6.45) is 13.0. The molecular weight excluding hydrogens is 194 g/mol. The summed E-state index contributed by atoms with van der Waals surface area (Å²) in [5.74, 6) is 0.766. The number of rotatable bonds is 1. The van der Waals surface area contributed by atoms with Gasteiger partial charge in [0, 0.05) is 18.0 Å². The van der Waals surface area contributed by atoms with Crippen LogP contribution in [0.25, 0.3) is 0 Å². The topological polar surface area (TPSA) is 3.24 Å². The molecule has 1 aliphatic heterocycles. The highest BCUT2D eigenvalue weighted by atomic mass is 35.5. The van der Waals surface area contributed by atoms with Crippen LogP contribution in [-0.4, -0.2) is 10.5 Å². The zero-order chi connectivity index (χ0) is 9.97. The molecule has 0 N–H and O–H groups in total. The Labute approximate surface area is 91.5 Å². The van der Waals surface area contributed by atoms with Gasteiger partial charge < -0.3 is 0 Å². The van der Waals surface area contributed by atoms with Gasteiger partial charge in [0.1, 0.15) is 0 Å². The molecule has 0 aromatic carbocycles. The number of allylic oxidation sites excluding steroid dienone is 2. The second-order valence-corrected chi connectivity index (χ2v) is 4.83. The molecule has 2 heteroatoms.